The summed E-state index contributed by atoms with van der Waals surface area (Å²) in [6.07, 6.45) is 3.55. The molecule has 7 heteroatoms. The minimum atomic E-state index is -0.225. The van der Waals surface area contributed by atoms with Gasteiger partial charge in [-0.15, -0.1) is 10.2 Å². The molecule has 27 heavy (non-hydrogen) atoms. The Kier molecular flexibility index (Phi) is 8.64. The molecule has 0 unspecified atom stereocenters. The van der Waals surface area contributed by atoms with Crippen LogP contribution in [0.25, 0.3) is 11.4 Å². The van der Waals surface area contributed by atoms with Crippen LogP contribution in [0, 0.1) is 5.92 Å². The van der Waals surface area contributed by atoms with Gasteiger partial charge >= 0.3 is 0 Å². The third-order valence-corrected chi connectivity index (χ3v) is 5.70. The lowest BCUT2D eigenvalue weighted by atomic mass is 10.0. The zero-order chi connectivity index (χ0) is 19.8. The first-order valence-electron chi connectivity index (χ1n) is 9.59. The molecule has 1 aromatic heterocycles. The Labute approximate surface area is 171 Å². The van der Waals surface area contributed by atoms with E-state index in [9.17, 15) is 4.79 Å². The average molecular weight is 409 g/mol. The summed E-state index contributed by atoms with van der Waals surface area (Å²) in [4.78, 5) is 12.1. The fourth-order valence-electron chi connectivity index (χ4n) is 2.84. The number of rotatable bonds is 10. The number of nitrogens with one attached hydrogen (secondary N) is 1. The lowest BCUT2D eigenvalue weighted by molar-refractivity contribution is -0.120. The SMILES string of the molecule is CCCC[C@@H](C)Cn1c(S[C@@H](C)C(=O)NCC)nnc1-c1ccc(Cl)cc1. The monoisotopic (exact) mass is 408 g/mol. The molecule has 0 aliphatic rings. The number of aromatic nitrogens is 3. The molecular formula is C20H29ClN4OS. The summed E-state index contributed by atoms with van der Waals surface area (Å²) >= 11 is 7.48. The molecule has 1 amide bonds. The lowest BCUT2D eigenvalue weighted by Crippen LogP contribution is -2.30. The summed E-state index contributed by atoms with van der Waals surface area (Å²) in [6, 6.07) is 7.64. The summed E-state index contributed by atoms with van der Waals surface area (Å²) in [6.45, 7) is 9.74. The second-order valence-electron chi connectivity index (χ2n) is 6.83. The van der Waals surface area contributed by atoms with Crippen LogP contribution in [0.15, 0.2) is 29.4 Å². The van der Waals surface area contributed by atoms with E-state index in [0.29, 0.717) is 17.5 Å². The first-order valence-corrected chi connectivity index (χ1v) is 10.9. The third kappa shape index (κ3) is 6.25. The van der Waals surface area contributed by atoms with Crippen LogP contribution in [0.2, 0.25) is 5.02 Å². The van der Waals surface area contributed by atoms with E-state index in [0.717, 1.165) is 29.5 Å². The number of unbranched alkanes of at least 4 members (excludes halogenated alkanes) is 1. The Morgan fingerprint density at radius 2 is 1.93 bits per heavy atom. The summed E-state index contributed by atoms with van der Waals surface area (Å²) in [5.74, 6) is 1.34. The zero-order valence-corrected chi connectivity index (χ0v) is 18.1. The zero-order valence-electron chi connectivity index (χ0n) is 16.5. The van der Waals surface area contributed by atoms with Gasteiger partial charge in [-0.2, -0.15) is 0 Å². The molecule has 2 rings (SSSR count). The Bertz CT molecular complexity index is 732. The van der Waals surface area contributed by atoms with Crippen molar-refractivity contribution in [2.75, 3.05) is 6.54 Å². The van der Waals surface area contributed by atoms with Crippen LogP contribution < -0.4 is 5.32 Å². The van der Waals surface area contributed by atoms with E-state index >= 15 is 0 Å². The maximum absolute atomic E-state index is 12.1. The molecule has 0 bridgehead atoms. The predicted molar refractivity (Wildman–Crippen MR) is 113 cm³/mol. The van der Waals surface area contributed by atoms with Crippen LogP contribution in [0.3, 0.4) is 0 Å². The van der Waals surface area contributed by atoms with Crippen LogP contribution in [0.5, 0.6) is 0 Å². The van der Waals surface area contributed by atoms with E-state index < -0.39 is 0 Å². The first kappa shape index (κ1) is 21.8. The van der Waals surface area contributed by atoms with Crippen molar-refractivity contribution in [2.24, 2.45) is 5.92 Å². The number of thioether (sulfide) groups is 1. The number of nitrogens with zero attached hydrogens (tertiary/aromatic N) is 3. The molecule has 0 saturated carbocycles. The number of amides is 1. The number of benzene rings is 1. The molecule has 0 fully saturated rings. The molecule has 5 nitrogen and oxygen atoms in total. The van der Waals surface area contributed by atoms with Gasteiger partial charge < -0.3 is 9.88 Å². The average Bonchev–Trinajstić information content (AvgIpc) is 3.03. The topological polar surface area (TPSA) is 59.8 Å². The number of carbonyl (C=O) groups excluding carboxylic acids is 1. The van der Waals surface area contributed by atoms with Gasteiger partial charge in [-0.05, 0) is 50.5 Å². The van der Waals surface area contributed by atoms with Gasteiger partial charge in [-0.25, -0.2) is 0 Å². The van der Waals surface area contributed by atoms with Gasteiger partial charge in [-0.1, -0.05) is 50.1 Å². The van der Waals surface area contributed by atoms with E-state index in [1.54, 1.807) is 0 Å². The summed E-state index contributed by atoms with van der Waals surface area (Å²) in [7, 11) is 0. The van der Waals surface area contributed by atoms with Crippen molar-refractivity contribution in [1.82, 2.24) is 20.1 Å². The van der Waals surface area contributed by atoms with Crippen LogP contribution in [0.1, 0.15) is 47.0 Å². The molecule has 0 aliphatic carbocycles. The molecule has 2 atom stereocenters. The normalized spacial score (nSPS) is 13.4. The molecule has 0 radical (unpaired) electrons. The standard InChI is InChI=1S/C20H29ClN4OS/c1-5-7-8-14(3)13-25-18(16-9-11-17(21)12-10-16)23-24-20(25)27-15(4)19(26)22-6-2/h9-12,14-15H,5-8,13H2,1-4H3,(H,22,26)/t14-,15+/m1/s1. The van der Waals surface area contributed by atoms with Gasteiger partial charge in [0, 0.05) is 23.7 Å². The van der Waals surface area contributed by atoms with Crippen molar-refractivity contribution in [3.05, 3.63) is 29.3 Å². The quantitative estimate of drug-likeness (QED) is 0.559. The molecule has 1 aromatic carbocycles. The lowest BCUT2D eigenvalue weighted by Gasteiger charge is -2.17. The second-order valence-corrected chi connectivity index (χ2v) is 8.57. The highest BCUT2D eigenvalue weighted by Gasteiger charge is 2.21. The second kappa shape index (κ2) is 10.7. The van der Waals surface area contributed by atoms with Gasteiger partial charge in [0.1, 0.15) is 0 Å². The maximum atomic E-state index is 12.1. The van der Waals surface area contributed by atoms with E-state index in [-0.39, 0.29) is 11.2 Å². The van der Waals surface area contributed by atoms with Crippen molar-refractivity contribution in [2.45, 2.75) is 63.9 Å². The molecule has 0 saturated heterocycles. The third-order valence-electron chi connectivity index (χ3n) is 4.37. The van der Waals surface area contributed by atoms with Gasteiger partial charge in [0.25, 0.3) is 0 Å². The maximum Gasteiger partial charge on any atom is 0.233 e. The van der Waals surface area contributed by atoms with Crippen molar-refractivity contribution >= 4 is 29.3 Å². The Morgan fingerprint density at radius 3 is 2.56 bits per heavy atom. The van der Waals surface area contributed by atoms with Gasteiger partial charge in [0.05, 0.1) is 5.25 Å². The summed E-state index contributed by atoms with van der Waals surface area (Å²) < 4.78 is 2.14. The fourth-order valence-corrected chi connectivity index (χ4v) is 3.85. The molecule has 0 aliphatic heterocycles. The van der Waals surface area contributed by atoms with Crippen molar-refractivity contribution < 1.29 is 4.79 Å². The van der Waals surface area contributed by atoms with Crippen LogP contribution in [-0.4, -0.2) is 32.5 Å². The Balaban J connectivity index is 2.29. The molecular weight excluding hydrogens is 380 g/mol. The molecule has 2 aromatic rings. The van der Waals surface area contributed by atoms with Crippen LogP contribution >= 0.6 is 23.4 Å². The number of halogens is 1. The predicted octanol–water partition coefficient (Wildman–Crippen LogP) is 5.04. The van der Waals surface area contributed by atoms with Crippen molar-refractivity contribution in [1.29, 1.82) is 0 Å². The van der Waals surface area contributed by atoms with Gasteiger partial charge in [-0.3, -0.25) is 4.79 Å². The molecule has 1 heterocycles. The highest BCUT2D eigenvalue weighted by Crippen LogP contribution is 2.29. The van der Waals surface area contributed by atoms with Gasteiger partial charge in [0.2, 0.25) is 5.91 Å². The number of hydrogen-bond donors (Lipinski definition) is 1. The minimum Gasteiger partial charge on any atom is -0.355 e. The number of carbonyl (C=O) groups is 1. The highest BCUT2D eigenvalue weighted by molar-refractivity contribution is 8.00. The van der Waals surface area contributed by atoms with E-state index in [1.165, 1.54) is 24.6 Å². The number of hydrogen-bond acceptors (Lipinski definition) is 4. The van der Waals surface area contributed by atoms with Crippen molar-refractivity contribution in [3.63, 3.8) is 0 Å². The molecule has 0 spiro atoms. The van der Waals surface area contributed by atoms with Crippen LogP contribution in [-0.2, 0) is 11.3 Å². The largest absolute Gasteiger partial charge is 0.355 e. The molecule has 148 valence electrons. The Morgan fingerprint density at radius 1 is 1.22 bits per heavy atom. The minimum absolute atomic E-state index is 0.0177. The van der Waals surface area contributed by atoms with Gasteiger partial charge in [0.15, 0.2) is 11.0 Å². The summed E-state index contributed by atoms with van der Waals surface area (Å²) in [5.41, 5.74) is 0.979. The fraction of sp³-hybridized carbons (Fsp3) is 0.550. The van der Waals surface area contributed by atoms with E-state index in [4.69, 9.17) is 11.6 Å². The first-order chi connectivity index (χ1) is 13.0. The summed E-state index contributed by atoms with van der Waals surface area (Å²) in [5, 5.41) is 12.9. The van der Waals surface area contributed by atoms with E-state index in [1.807, 2.05) is 38.1 Å². The Hall–Kier alpha value is -1.53. The molecule has 1 N–H and O–H groups in total. The van der Waals surface area contributed by atoms with Crippen molar-refractivity contribution in [3.8, 4) is 11.4 Å². The smallest absolute Gasteiger partial charge is 0.233 e. The highest BCUT2D eigenvalue weighted by atomic mass is 35.5. The van der Waals surface area contributed by atoms with Crippen LogP contribution in [0.4, 0.5) is 0 Å². The van der Waals surface area contributed by atoms with E-state index in [2.05, 4.69) is 33.9 Å².